The van der Waals surface area contributed by atoms with Crippen LogP contribution in [0.15, 0.2) is 48.5 Å². The van der Waals surface area contributed by atoms with Crippen LogP contribution in [-0.2, 0) is 16.8 Å². The van der Waals surface area contributed by atoms with Crippen LogP contribution in [0.4, 0.5) is 5.69 Å². The first-order valence-electron chi connectivity index (χ1n) is 9.13. The van der Waals surface area contributed by atoms with Gasteiger partial charge in [0, 0.05) is 5.69 Å². The zero-order chi connectivity index (χ0) is 16.9. The van der Waals surface area contributed by atoms with Gasteiger partial charge in [-0.05, 0) is 36.6 Å². The number of rotatable bonds is 2. The minimum absolute atomic E-state index is 0.258. The van der Waals surface area contributed by atoms with Gasteiger partial charge in [-0.1, -0.05) is 49.6 Å². The SMILES string of the molecule is O=C1N(Cc2nc3ccccc3[nH]2)c2ccccc2C12CCCCC2. The minimum atomic E-state index is -0.305. The summed E-state index contributed by atoms with van der Waals surface area (Å²) in [5, 5.41) is 0. The fourth-order valence-corrected chi connectivity index (χ4v) is 4.62. The molecule has 1 aliphatic heterocycles. The molecule has 1 N–H and O–H groups in total. The number of nitrogens with zero attached hydrogens (tertiary/aromatic N) is 2. The number of benzene rings is 2. The van der Waals surface area contributed by atoms with Crippen molar-refractivity contribution < 1.29 is 4.79 Å². The molecular formula is C21H21N3O. The monoisotopic (exact) mass is 331 g/mol. The summed E-state index contributed by atoms with van der Waals surface area (Å²) in [5.74, 6) is 1.10. The first-order chi connectivity index (χ1) is 12.3. The summed E-state index contributed by atoms with van der Waals surface area (Å²) in [4.78, 5) is 23.4. The number of hydrogen-bond acceptors (Lipinski definition) is 2. The summed E-state index contributed by atoms with van der Waals surface area (Å²) >= 11 is 0. The Bertz CT molecular complexity index is 919. The fraction of sp³-hybridized carbons (Fsp3) is 0.333. The molecule has 0 atom stereocenters. The van der Waals surface area contributed by atoms with Gasteiger partial charge in [-0.2, -0.15) is 0 Å². The number of anilines is 1. The van der Waals surface area contributed by atoms with Gasteiger partial charge in [0.15, 0.2) is 0 Å². The van der Waals surface area contributed by atoms with E-state index in [1.807, 2.05) is 35.2 Å². The molecule has 0 radical (unpaired) electrons. The van der Waals surface area contributed by atoms with E-state index in [-0.39, 0.29) is 11.3 Å². The zero-order valence-corrected chi connectivity index (χ0v) is 14.2. The quantitative estimate of drug-likeness (QED) is 0.760. The fourth-order valence-electron chi connectivity index (χ4n) is 4.62. The van der Waals surface area contributed by atoms with Crippen molar-refractivity contribution in [1.29, 1.82) is 0 Å². The molecule has 3 aromatic rings. The third-order valence-electron chi connectivity index (χ3n) is 5.82. The average molecular weight is 331 g/mol. The highest BCUT2D eigenvalue weighted by Crippen LogP contribution is 2.50. The zero-order valence-electron chi connectivity index (χ0n) is 14.2. The molecule has 1 aromatic heterocycles. The molecule has 0 bridgehead atoms. The van der Waals surface area contributed by atoms with E-state index in [0.717, 1.165) is 48.2 Å². The van der Waals surface area contributed by atoms with Crippen molar-refractivity contribution in [3.8, 4) is 0 Å². The maximum Gasteiger partial charge on any atom is 0.238 e. The normalized spacial score (nSPS) is 18.9. The third kappa shape index (κ3) is 2.13. The van der Waals surface area contributed by atoms with Crippen molar-refractivity contribution in [3.63, 3.8) is 0 Å². The lowest BCUT2D eigenvalue weighted by molar-refractivity contribution is -0.124. The first-order valence-corrected chi connectivity index (χ1v) is 9.13. The van der Waals surface area contributed by atoms with E-state index in [9.17, 15) is 4.79 Å². The number of carbonyl (C=O) groups excluding carboxylic acids is 1. The molecule has 2 aromatic carbocycles. The van der Waals surface area contributed by atoms with Crippen LogP contribution in [0.5, 0.6) is 0 Å². The van der Waals surface area contributed by atoms with Gasteiger partial charge in [-0.15, -0.1) is 0 Å². The number of nitrogens with one attached hydrogen (secondary N) is 1. The standard InChI is InChI=1S/C21H21N3O/c25-20-21(12-6-1-7-13-21)15-8-2-5-11-18(15)24(20)14-19-22-16-9-3-4-10-17(16)23-19/h2-5,8-11H,1,6-7,12-14H2,(H,22,23). The van der Waals surface area contributed by atoms with E-state index in [1.54, 1.807) is 0 Å². The van der Waals surface area contributed by atoms with Crippen molar-refractivity contribution in [2.45, 2.75) is 44.1 Å². The Labute approximate surface area is 146 Å². The van der Waals surface area contributed by atoms with Crippen LogP contribution in [0, 0.1) is 0 Å². The molecule has 0 saturated heterocycles. The second-order valence-electron chi connectivity index (χ2n) is 7.25. The topological polar surface area (TPSA) is 49.0 Å². The average Bonchev–Trinajstić information content (AvgIpc) is 3.16. The Morgan fingerprint density at radius 3 is 2.60 bits per heavy atom. The summed E-state index contributed by atoms with van der Waals surface area (Å²) in [6, 6.07) is 16.3. The molecule has 25 heavy (non-hydrogen) atoms. The van der Waals surface area contributed by atoms with E-state index in [4.69, 9.17) is 0 Å². The van der Waals surface area contributed by atoms with Gasteiger partial charge in [0.2, 0.25) is 5.91 Å². The molecule has 126 valence electrons. The van der Waals surface area contributed by atoms with Gasteiger partial charge >= 0.3 is 0 Å². The molecule has 4 nitrogen and oxygen atoms in total. The van der Waals surface area contributed by atoms with E-state index in [1.165, 1.54) is 12.0 Å². The summed E-state index contributed by atoms with van der Waals surface area (Å²) in [6.45, 7) is 0.506. The lowest BCUT2D eigenvalue weighted by Gasteiger charge is -2.32. The van der Waals surface area contributed by atoms with Gasteiger partial charge in [0.25, 0.3) is 0 Å². The molecule has 0 unspecified atom stereocenters. The van der Waals surface area contributed by atoms with E-state index < -0.39 is 0 Å². The smallest absolute Gasteiger partial charge is 0.238 e. The van der Waals surface area contributed by atoms with Gasteiger partial charge < -0.3 is 9.88 Å². The van der Waals surface area contributed by atoms with Crippen molar-refractivity contribution in [1.82, 2.24) is 9.97 Å². The molecule has 1 amide bonds. The highest BCUT2D eigenvalue weighted by Gasteiger charge is 2.50. The lowest BCUT2D eigenvalue weighted by atomic mass is 9.70. The molecule has 1 aliphatic carbocycles. The lowest BCUT2D eigenvalue weighted by Crippen LogP contribution is -2.41. The maximum atomic E-state index is 13.4. The maximum absolute atomic E-state index is 13.4. The van der Waals surface area contributed by atoms with Crippen LogP contribution < -0.4 is 4.90 Å². The Balaban J connectivity index is 1.56. The van der Waals surface area contributed by atoms with Crippen LogP contribution >= 0.6 is 0 Å². The van der Waals surface area contributed by atoms with Crippen LogP contribution in [0.1, 0.15) is 43.5 Å². The van der Waals surface area contributed by atoms with Gasteiger partial charge in [-0.25, -0.2) is 4.98 Å². The number of H-pyrrole nitrogens is 1. The van der Waals surface area contributed by atoms with Crippen LogP contribution in [-0.4, -0.2) is 15.9 Å². The number of fused-ring (bicyclic) bond motifs is 3. The predicted molar refractivity (Wildman–Crippen MR) is 98.5 cm³/mol. The number of imidazole rings is 1. The van der Waals surface area contributed by atoms with Crippen LogP contribution in [0.3, 0.4) is 0 Å². The molecule has 1 fully saturated rings. The molecule has 5 rings (SSSR count). The number of para-hydroxylation sites is 3. The first kappa shape index (κ1) is 14.7. The predicted octanol–water partition coefficient (Wildman–Crippen LogP) is 4.31. The van der Waals surface area contributed by atoms with Crippen molar-refractivity contribution >= 4 is 22.6 Å². The Morgan fingerprint density at radius 1 is 1.00 bits per heavy atom. The van der Waals surface area contributed by atoms with Gasteiger partial charge in [0.1, 0.15) is 5.82 Å². The molecule has 1 saturated carbocycles. The second-order valence-corrected chi connectivity index (χ2v) is 7.25. The highest BCUT2D eigenvalue weighted by molar-refractivity contribution is 6.08. The number of carbonyl (C=O) groups is 1. The molecule has 2 heterocycles. The summed E-state index contributed by atoms with van der Waals surface area (Å²) in [5.41, 5.74) is 3.95. The van der Waals surface area contributed by atoms with Crippen LogP contribution in [0.25, 0.3) is 11.0 Å². The van der Waals surface area contributed by atoms with Crippen molar-refractivity contribution in [3.05, 3.63) is 59.9 Å². The number of hydrogen-bond donors (Lipinski definition) is 1. The summed E-state index contributed by atoms with van der Waals surface area (Å²) in [6.07, 6.45) is 5.46. The van der Waals surface area contributed by atoms with E-state index in [0.29, 0.717) is 6.54 Å². The Morgan fingerprint density at radius 2 is 1.76 bits per heavy atom. The molecule has 1 spiro atoms. The number of aromatic nitrogens is 2. The second kappa shape index (κ2) is 5.45. The van der Waals surface area contributed by atoms with Crippen molar-refractivity contribution in [2.24, 2.45) is 0 Å². The Kier molecular flexibility index (Phi) is 3.20. The van der Waals surface area contributed by atoms with Crippen molar-refractivity contribution in [2.75, 3.05) is 4.90 Å². The summed E-state index contributed by atoms with van der Waals surface area (Å²) in [7, 11) is 0. The largest absolute Gasteiger partial charge is 0.340 e. The molecular weight excluding hydrogens is 310 g/mol. The number of amides is 1. The summed E-state index contributed by atoms with van der Waals surface area (Å²) < 4.78 is 0. The number of aromatic amines is 1. The third-order valence-corrected chi connectivity index (χ3v) is 5.82. The van der Waals surface area contributed by atoms with Crippen LogP contribution in [0.2, 0.25) is 0 Å². The van der Waals surface area contributed by atoms with Gasteiger partial charge in [0.05, 0.1) is 23.0 Å². The molecule has 2 aliphatic rings. The van der Waals surface area contributed by atoms with E-state index >= 15 is 0 Å². The Hall–Kier alpha value is -2.62. The molecule has 4 heteroatoms. The highest BCUT2D eigenvalue weighted by atomic mass is 16.2. The van der Waals surface area contributed by atoms with E-state index in [2.05, 4.69) is 28.2 Å². The minimum Gasteiger partial charge on any atom is -0.340 e. The van der Waals surface area contributed by atoms with Gasteiger partial charge in [-0.3, -0.25) is 4.79 Å².